The first kappa shape index (κ1) is 54.0. The standard InChI is InChI=1S/C31H25Cl2N3O4S2.C25H22Cl2N2O3S2/c32-23-3-6-27(25(33)17-23)42-28-26(40-30(38)20-7-10-34-11-8-20)18-31(35-29(28)37,22-9-16-41-19-22)21-1-4-24(5-2-21)36-12-14-39-15-13-36;26-18-3-6-20(27)22(13-18)34-23-21(30)14-25(28-24(23)31,17-7-12-33-15-17)16-1-4-19(5-2-16)29-8-10-32-11-9-29/h1-11,16-17,19H,12-15,18H2,(H,35,37);1-7,12-13,15,23H,8-11,14H2,(H,28,31). The molecule has 76 heavy (non-hydrogen) atoms. The van der Waals surface area contributed by atoms with Gasteiger partial charge in [-0.15, -0.1) is 11.8 Å². The molecule has 2 N–H and O–H groups in total. The Morgan fingerprint density at radius 2 is 1.18 bits per heavy atom. The van der Waals surface area contributed by atoms with E-state index >= 15 is 0 Å². The molecule has 12 nitrogen and oxygen atoms in total. The number of thiophene rings is 2. The second-order valence-corrected chi connectivity index (χ2v) is 23.5. The topological polar surface area (TPSA) is 139 Å². The summed E-state index contributed by atoms with van der Waals surface area (Å²) in [6, 6.07) is 33.5. The van der Waals surface area contributed by atoms with Crippen LogP contribution in [0.15, 0.2) is 164 Å². The SMILES string of the molecule is O=C1CC(c2ccc(N3CCOCC3)cc2)(c2ccsc2)NC(=O)C1Sc1cc(Cl)ccc1Cl.O=C1NC(c2ccc(N3CCOCC3)cc2)(c2ccsc2)CC(OC(=O)c2ccncc2)=C1Sc1ccc(Cl)cc1Cl. The first-order chi connectivity index (χ1) is 36.9. The fraction of sp³-hybridized carbons (Fsp3) is 0.232. The molecule has 0 spiro atoms. The van der Waals surface area contributed by atoms with Crippen molar-refractivity contribution < 1.29 is 33.4 Å². The van der Waals surface area contributed by atoms with Crippen molar-refractivity contribution >= 4 is 128 Å². The number of aromatic nitrogens is 1. The maximum Gasteiger partial charge on any atom is 0.343 e. The van der Waals surface area contributed by atoms with Crippen molar-refractivity contribution in [3.63, 3.8) is 0 Å². The van der Waals surface area contributed by atoms with Gasteiger partial charge < -0.3 is 34.6 Å². The van der Waals surface area contributed by atoms with Crippen LogP contribution in [0.5, 0.6) is 0 Å². The molecule has 0 bridgehead atoms. The van der Waals surface area contributed by atoms with Crippen LogP contribution in [-0.4, -0.2) is 86.4 Å². The molecule has 0 saturated carbocycles. The van der Waals surface area contributed by atoms with Gasteiger partial charge in [0.2, 0.25) is 5.91 Å². The van der Waals surface area contributed by atoms with E-state index in [9.17, 15) is 19.2 Å². The van der Waals surface area contributed by atoms with Gasteiger partial charge in [0.05, 0.1) is 53.1 Å². The lowest BCUT2D eigenvalue weighted by Crippen LogP contribution is -2.57. The Bertz CT molecular complexity index is 3230. The van der Waals surface area contributed by atoms with Gasteiger partial charge in [0.25, 0.3) is 5.91 Å². The number of benzene rings is 4. The van der Waals surface area contributed by atoms with Gasteiger partial charge in [-0.2, -0.15) is 22.7 Å². The molecule has 7 aromatic rings. The molecule has 4 aromatic carbocycles. The van der Waals surface area contributed by atoms with E-state index in [1.54, 1.807) is 48.5 Å². The predicted molar refractivity (Wildman–Crippen MR) is 305 cm³/mol. The Balaban J connectivity index is 0.000000177. The molecule has 4 aliphatic heterocycles. The normalized spacial score (nSPS) is 20.8. The van der Waals surface area contributed by atoms with Crippen molar-refractivity contribution in [3.05, 3.63) is 202 Å². The maximum atomic E-state index is 14.0. The van der Waals surface area contributed by atoms with Gasteiger partial charge in [0.15, 0.2) is 5.78 Å². The van der Waals surface area contributed by atoms with Crippen molar-refractivity contribution in [2.24, 2.45) is 0 Å². The monoisotopic (exact) mass is 1170 g/mol. The number of esters is 1. The Kier molecular flexibility index (Phi) is 17.1. The second kappa shape index (κ2) is 24.1. The van der Waals surface area contributed by atoms with E-state index in [2.05, 4.69) is 49.7 Å². The number of hydrogen-bond acceptors (Lipinski definition) is 14. The van der Waals surface area contributed by atoms with Gasteiger partial charge in [-0.25, -0.2) is 4.79 Å². The molecule has 11 rings (SSSR count). The van der Waals surface area contributed by atoms with Crippen LogP contribution in [-0.2, 0) is 39.7 Å². The minimum absolute atomic E-state index is 0.145. The van der Waals surface area contributed by atoms with Crippen LogP contribution in [0.4, 0.5) is 11.4 Å². The van der Waals surface area contributed by atoms with Crippen LogP contribution in [0, 0.1) is 0 Å². The summed E-state index contributed by atoms with van der Waals surface area (Å²) in [6.07, 6.45) is 3.40. The predicted octanol–water partition coefficient (Wildman–Crippen LogP) is 12.3. The summed E-state index contributed by atoms with van der Waals surface area (Å²) in [6.45, 7) is 6.11. The number of morpholine rings is 2. The fourth-order valence-corrected chi connectivity index (χ4v) is 13.9. The Hall–Kier alpha value is -5.37. The molecular weight excluding hydrogens is 1120 g/mol. The Labute approximate surface area is 476 Å². The van der Waals surface area contributed by atoms with Crippen LogP contribution >= 0.6 is 92.6 Å². The fourth-order valence-electron chi connectivity index (χ4n) is 9.49. The number of nitrogens with one attached hydrogen (secondary N) is 2. The molecule has 3 unspecified atom stereocenters. The van der Waals surface area contributed by atoms with E-state index < -0.39 is 22.3 Å². The van der Waals surface area contributed by atoms with E-state index in [1.807, 2.05) is 57.9 Å². The van der Waals surface area contributed by atoms with E-state index in [4.69, 9.17) is 60.6 Å². The average molecular weight is 1170 g/mol. The number of carbonyl (C=O) groups is 4. The van der Waals surface area contributed by atoms with Crippen LogP contribution in [0.3, 0.4) is 0 Å². The van der Waals surface area contributed by atoms with Gasteiger partial charge in [-0.1, -0.05) is 82.4 Å². The molecule has 0 aliphatic carbocycles. The van der Waals surface area contributed by atoms with Crippen molar-refractivity contribution in [3.8, 4) is 0 Å². The molecule has 3 fully saturated rings. The van der Waals surface area contributed by atoms with E-state index in [-0.39, 0.29) is 41.1 Å². The summed E-state index contributed by atoms with van der Waals surface area (Å²) >= 11 is 30.3. The van der Waals surface area contributed by atoms with Crippen LogP contribution < -0.4 is 20.4 Å². The highest BCUT2D eigenvalue weighted by Crippen LogP contribution is 2.47. The number of nitrogens with zero attached hydrogens (tertiary/aromatic N) is 3. The second-order valence-electron chi connectivity index (χ2n) is 18.0. The third-order valence-electron chi connectivity index (χ3n) is 13.4. The largest absolute Gasteiger partial charge is 0.426 e. The molecule has 2 amide bonds. The lowest BCUT2D eigenvalue weighted by Gasteiger charge is -2.40. The number of hydrogen-bond donors (Lipinski definition) is 2. The van der Waals surface area contributed by atoms with Crippen LogP contribution in [0.2, 0.25) is 20.1 Å². The van der Waals surface area contributed by atoms with Crippen molar-refractivity contribution in [2.45, 2.75) is 39.0 Å². The molecular formula is C56H47Cl4N5O7S4. The molecule has 390 valence electrons. The zero-order valence-electron chi connectivity index (χ0n) is 40.3. The van der Waals surface area contributed by atoms with Crippen LogP contribution in [0.1, 0.15) is 45.5 Å². The lowest BCUT2D eigenvalue weighted by molar-refractivity contribution is -0.133. The summed E-state index contributed by atoms with van der Waals surface area (Å²) in [7, 11) is 0. The Morgan fingerprint density at radius 3 is 1.72 bits per heavy atom. The van der Waals surface area contributed by atoms with Crippen molar-refractivity contribution in [2.75, 3.05) is 62.4 Å². The summed E-state index contributed by atoms with van der Waals surface area (Å²) in [5.74, 6) is -1.18. The number of pyridine rings is 1. The lowest BCUT2D eigenvalue weighted by atomic mass is 9.77. The maximum absolute atomic E-state index is 14.0. The summed E-state index contributed by atoms with van der Waals surface area (Å²) in [5.41, 5.74) is 4.19. The van der Waals surface area contributed by atoms with E-state index in [1.165, 1.54) is 35.1 Å². The van der Waals surface area contributed by atoms with Gasteiger partial charge in [0, 0.05) is 82.6 Å². The van der Waals surface area contributed by atoms with Crippen molar-refractivity contribution in [1.82, 2.24) is 15.6 Å². The zero-order chi connectivity index (χ0) is 52.8. The molecule has 7 heterocycles. The first-order valence-electron chi connectivity index (χ1n) is 24.1. The highest BCUT2D eigenvalue weighted by molar-refractivity contribution is 8.04. The number of Topliss-reactive ketones (excluding diaryl/α,β-unsaturated/α-hetero) is 1. The third kappa shape index (κ3) is 11.9. The van der Waals surface area contributed by atoms with E-state index in [0.717, 1.165) is 83.3 Å². The highest BCUT2D eigenvalue weighted by atomic mass is 35.5. The number of rotatable bonds is 12. The number of halogens is 4. The van der Waals surface area contributed by atoms with Gasteiger partial charge in [0.1, 0.15) is 15.9 Å². The molecule has 3 aromatic heterocycles. The van der Waals surface area contributed by atoms with E-state index in [0.29, 0.717) is 61.9 Å². The minimum atomic E-state index is -0.970. The first-order valence-corrected chi connectivity index (χ1v) is 29.2. The molecule has 3 saturated heterocycles. The molecule has 3 atom stereocenters. The summed E-state index contributed by atoms with van der Waals surface area (Å²) in [5, 5.41) is 15.3. The smallest absolute Gasteiger partial charge is 0.343 e. The quantitative estimate of drug-likeness (QED) is 0.0889. The molecule has 4 aliphatic rings. The van der Waals surface area contributed by atoms with Gasteiger partial charge in [-0.3, -0.25) is 19.4 Å². The number of amides is 2. The molecule has 0 radical (unpaired) electrons. The Morgan fingerprint density at radius 1 is 0.632 bits per heavy atom. The number of piperidine rings is 1. The number of ketones is 1. The highest BCUT2D eigenvalue weighted by Gasteiger charge is 2.48. The minimum Gasteiger partial charge on any atom is -0.426 e. The average Bonchev–Trinajstić information content (AvgIpc) is 4.27. The summed E-state index contributed by atoms with van der Waals surface area (Å²) < 4.78 is 17.0. The number of thioether (sulfide) groups is 2. The third-order valence-corrected chi connectivity index (χ3v) is 18.6. The van der Waals surface area contributed by atoms with Crippen LogP contribution in [0.25, 0.3) is 0 Å². The molecule has 20 heteroatoms. The number of carbonyl (C=O) groups excluding carboxylic acids is 4. The van der Waals surface area contributed by atoms with Crippen molar-refractivity contribution in [1.29, 1.82) is 0 Å². The zero-order valence-corrected chi connectivity index (χ0v) is 46.6. The summed E-state index contributed by atoms with van der Waals surface area (Å²) in [4.78, 5) is 64.1. The van der Waals surface area contributed by atoms with Gasteiger partial charge in [-0.05, 0) is 129 Å². The number of ether oxygens (including phenoxy) is 3. The van der Waals surface area contributed by atoms with Gasteiger partial charge >= 0.3 is 5.97 Å². The number of anilines is 2.